The topological polar surface area (TPSA) is 39.1 Å². The van der Waals surface area contributed by atoms with Gasteiger partial charge in [0.2, 0.25) is 0 Å². The number of thioether (sulfide) groups is 1. The predicted molar refractivity (Wildman–Crippen MR) is 133 cm³/mol. The molecule has 2 aliphatic heterocycles. The highest BCUT2D eigenvalue weighted by atomic mass is 35.5. The summed E-state index contributed by atoms with van der Waals surface area (Å²) in [5.74, 6) is -0.148. The van der Waals surface area contributed by atoms with Crippen LogP contribution < -0.4 is 9.80 Å². The zero-order valence-corrected chi connectivity index (χ0v) is 19.5. The van der Waals surface area contributed by atoms with E-state index in [0.717, 1.165) is 60.7 Å². The number of anilines is 2. The lowest BCUT2D eigenvalue weighted by molar-refractivity contribution is -0.113. The van der Waals surface area contributed by atoms with Crippen LogP contribution in [0.15, 0.2) is 58.4 Å². The Morgan fingerprint density at radius 3 is 2.35 bits per heavy atom. The number of amidine groups is 1. The summed E-state index contributed by atoms with van der Waals surface area (Å²) < 4.78 is 0. The number of nitrogens with zero attached hydrogens (tertiary/aromatic N) is 4. The molecule has 0 saturated carbocycles. The molecule has 1 fully saturated rings. The van der Waals surface area contributed by atoms with Crippen molar-refractivity contribution in [2.24, 2.45) is 4.99 Å². The molecule has 162 valence electrons. The molecule has 0 aliphatic carbocycles. The van der Waals surface area contributed by atoms with Crippen molar-refractivity contribution in [2.75, 3.05) is 49.1 Å². The first-order valence-electron chi connectivity index (χ1n) is 10.7. The van der Waals surface area contributed by atoms with Gasteiger partial charge in [-0.2, -0.15) is 4.99 Å². The fraction of sp³-hybridized carbons (Fsp3) is 0.333. The summed E-state index contributed by atoms with van der Waals surface area (Å²) in [4.78, 5) is 24.3. The highest BCUT2D eigenvalue weighted by Gasteiger charge is 2.28. The zero-order valence-electron chi connectivity index (χ0n) is 17.9. The Morgan fingerprint density at radius 2 is 1.71 bits per heavy atom. The number of amides is 1. The monoisotopic (exact) mass is 454 g/mol. The normalized spacial score (nSPS) is 18.0. The van der Waals surface area contributed by atoms with Crippen LogP contribution in [0.5, 0.6) is 0 Å². The van der Waals surface area contributed by atoms with Crippen LogP contribution in [0.4, 0.5) is 11.4 Å². The minimum absolute atomic E-state index is 0.148. The molecule has 0 aromatic heterocycles. The van der Waals surface area contributed by atoms with Crippen molar-refractivity contribution < 1.29 is 4.79 Å². The van der Waals surface area contributed by atoms with Gasteiger partial charge in [-0.1, -0.05) is 29.8 Å². The molecule has 4 rings (SSSR count). The van der Waals surface area contributed by atoms with E-state index in [1.807, 2.05) is 24.3 Å². The molecule has 2 aromatic rings. The summed E-state index contributed by atoms with van der Waals surface area (Å²) in [5, 5.41) is 1.56. The average Bonchev–Trinajstić information content (AvgIpc) is 3.16. The quantitative estimate of drug-likeness (QED) is 0.596. The van der Waals surface area contributed by atoms with Gasteiger partial charge < -0.3 is 14.7 Å². The second kappa shape index (κ2) is 9.79. The molecule has 7 heteroatoms. The number of rotatable bonds is 5. The molecule has 5 nitrogen and oxygen atoms in total. The first-order valence-corrected chi connectivity index (χ1v) is 11.9. The second-order valence-corrected chi connectivity index (χ2v) is 8.97. The van der Waals surface area contributed by atoms with Crippen LogP contribution in [0.25, 0.3) is 6.08 Å². The van der Waals surface area contributed by atoms with E-state index in [9.17, 15) is 4.79 Å². The molecule has 0 radical (unpaired) electrons. The van der Waals surface area contributed by atoms with Crippen LogP contribution in [0.1, 0.15) is 19.4 Å². The first kappa shape index (κ1) is 21.8. The Balaban J connectivity index is 1.37. The molecule has 1 amide bonds. The van der Waals surface area contributed by atoms with Crippen molar-refractivity contribution in [2.45, 2.75) is 13.8 Å². The van der Waals surface area contributed by atoms with E-state index >= 15 is 0 Å². The number of carbonyl (C=O) groups is 1. The highest BCUT2D eigenvalue weighted by molar-refractivity contribution is 8.18. The maximum absolute atomic E-state index is 12.5. The molecule has 0 N–H and O–H groups in total. The van der Waals surface area contributed by atoms with Crippen molar-refractivity contribution in [3.8, 4) is 0 Å². The number of piperazine rings is 1. The van der Waals surface area contributed by atoms with Gasteiger partial charge >= 0.3 is 0 Å². The molecule has 0 unspecified atom stereocenters. The summed E-state index contributed by atoms with van der Waals surface area (Å²) >= 11 is 7.60. The van der Waals surface area contributed by atoms with Crippen molar-refractivity contribution in [3.05, 3.63) is 64.0 Å². The first-order chi connectivity index (χ1) is 15.1. The van der Waals surface area contributed by atoms with Crippen LogP contribution in [-0.4, -0.2) is 55.2 Å². The van der Waals surface area contributed by atoms with Gasteiger partial charge in [-0.3, -0.25) is 4.79 Å². The van der Waals surface area contributed by atoms with Gasteiger partial charge in [0.25, 0.3) is 5.91 Å². The third kappa shape index (κ3) is 5.08. The van der Waals surface area contributed by atoms with E-state index < -0.39 is 0 Å². The smallest absolute Gasteiger partial charge is 0.286 e. The lowest BCUT2D eigenvalue weighted by Gasteiger charge is -2.36. The number of aliphatic imine (C=N–C) groups is 1. The Bertz CT molecular complexity index is 993. The number of carbonyl (C=O) groups excluding carboxylic acids is 1. The van der Waals surface area contributed by atoms with Crippen LogP contribution in [0.3, 0.4) is 0 Å². The summed E-state index contributed by atoms with van der Waals surface area (Å²) in [6, 6.07) is 16.3. The minimum Gasteiger partial charge on any atom is -0.372 e. The predicted octanol–water partition coefficient (Wildman–Crippen LogP) is 4.98. The molecule has 2 heterocycles. The highest BCUT2D eigenvalue weighted by Crippen LogP contribution is 2.31. The van der Waals surface area contributed by atoms with Gasteiger partial charge in [-0.05, 0) is 67.6 Å². The Kier molecular flexibility index (Phi) is 6.88. The van der Waals surface area contributed by atoms with E-state index in [1.54, 1.807) is 0 Å². The van der Waals surface area contributed by atoms with Crippen LogP contribution in [0.2, 0.25) is 5.02 Å². The van der Waals surface area contributed by atoms with Gasteiger partial charge in [0.15, 0.2) is 5.17 Å². The van der Waals surface area contributed by atoms with Crippen LogP contribution >= 0.6 is 23.4 Å². The molecule has 31 heavy (non-hydrogen) atoms. The molecule has 0 atom stereocenters. The molecule has 2 aliphatic rings. The van der Waals surface area contributed by atoms with E-state index in [1.165, 1.54) is 17.4 Å². The summed E-state index contributed by atoms with van der Waals surface area (Å²) in [6.07, 6.45) is 1.94. The van der Waals surface area contributed by atoms with E-state index in [2.05, 4.69) is 63.9 Å². The fourth-order valence-electron chi connectivity index (χ4n) is 3.88. The maximum atomic E-state index is 12.5. The summed E-state index contributed by atoms with van der Waals surface area (Å²) in [7, 11) is 0. The van der Waals surface area contributed by atoms with Gasteiger partial charge in [0, 0.05) is 55.7 Å². The van der Waals surface area contributed by atoms with Gasteiger partial charge in [-0.25, -0.2) is 0 Å². The second-order valence-electron chi connectivity index (χ2n) is 7.53. The Hall–Kier alpha value is -2.44. The van der Waals surface area contributed by atoms with Crippen molar-refractivity contribution in [1.82, 2.24) is 4.90 Å². The Labute approximate surface area is 193 Å². The van der Waals surface area contributed by atoms with Gasteiger partial charge in [0.05, 0.1) is 4.91 Å². The number of hydrogen-bond donors (Lipinski definition) is 0. The largest absolute Gasteiger partial charge is 0.372 e. The molecule has 2 aromatic carbocycles. The van der Waals surface area contributed by atoms with E-state index in [-0.39, 0.29) is 5.91 Å². The van der Waals surface area contributed by atoms with E-state index in [0.29, 0.717) is 4.91 Å². The molecule has 0 spiro atoms. The SMILES string of the molecule is CCN(CC)c1ccc(C=C2SC(N3CCN(c4cccc(Cl)c4)CC3)=NC2=O)cc1. The number of halogens is 1. The summed E-state index contributed by atoms with van der Waals surface area (Å²) in [5.41, 5.74) is 3.36. The molecular weight excluding hydrogens is 428 g/mol. The van der Waals surface area contributed by atoms with E-state index in [4.69, 9.17) is 11.6 Å². The summed E-state index contributed by atoms with van der Waals surface area (Å²) in [6.45, 7) is 9.68. The third-order valence-corrected chi connectivity index (χ3v) is 6.93. The molecule has 1 saturated heterocycles. The molecular formula is C24H27ClN4OS. The van der Waals surface area contributed by atoms with Crippen LogP contribution in [-0.2, 0) is 4.79 Å². The average molecular weight is 455 g/mol. The fourth-order valence-corrected chi connectivity index (χ4v) is 5.03. The zero-order chi connectivity index (χ0) is 21.8. The minimum atomic E-state index is -0.148. The van der Waals surface area contributed by atoms with Crippen molar-refractivity contribution >= 4 is 51.9 Å². The standard InChI is InChI=1S/C24H27ClN4OS/c1-3-27(4-2)20-10-8-18(9-11-20)16-22-23(30)26-24(31-22)29-14-12-28(13-15-29)21-7-5-6-19(25)17-21/h5-11,16-17H,3-4,12-15H2,1-2H3. The Morgan fingerprint density at radius 1 is 1.03 bits per heavy atom. The number of hydrogen-bond acceptors (Lipinski definition) is 5. The van der Waals surface area contributed by atoms with Gasteiger partial charge in [0.1, 0.15) is 0 Å². The van der Waals surface area contributed by atoms with Gasteiger partial charge in [-0.15, -0.1) is 0 Å². The number of benzene rings is 2. The maximum Gasteiger partial charge on any atom is 0.286 e. The van der Waals surface area contributed by atoms with Crippen LogP contribution in [0, 0.1) is 0 Å². The molecule has 0 bridgehead atoms. The van der Waals surface area contributed by atoms with Crippen molar-refractivity contribution in [1.29, 1.82) is 0 Å². The lowest BCUT2D eigenvalue weighted by Crippen LogP contribution is -2.47. The third-order valence-electron chi connectivity index (χ3n) is 5.65. The van der Waals surface area contributed by atoms with Crippen molar-refractivity contribution in [3.63, 3.8) is 0 Å². The lowest BCUT2D eigenvalue weighted by atomic mass is 10.2.